The molecule has 0 aliphatic heterocycles. The summed E-state index contributed by atoms with van der Waals surface area (Å²) in [4.78, 5) is 4.51. The van der Waals surface area contributed by atoms with Gasteiger partial charge in [-0.2, -0.15) is 5.10 Å². The van der Waals surface area contributed by atoms with E-state index in [9.17, 15) is 13.2 Å². The molecule has 27 heavy (non-hydrogen) atoms. The summed E-state index contributed by atoms with van der Waals surface area (Å²) in [6.07, 6.45) is -2.72. The fraction of sp³-hybridized carbons (Fsp3) is 0.100. The molecule has 3 nitrogen and oxygen atoms in total. The van der Waals surface area contributed by atoms with Gasteiger partial charge in [-0.15, -0.1) is 0 Å². The maximum atomic E-state index is 14.3. The number of hydrogen-bond donors (Lipinski definition) is 0. The first kappa shape index (κ1) is 17.5. The number of nitrogens with zero attached hydrogens (tertiary/aromatic N) is 3. The van der Waals surface area contributed by atoms with Crippen molar-refractivity contribution in [2.75, 3.05) is 0 Å². The maximum Gasteiger partial charge on any atom is 0.264 e. The second-order valence-corrected chi connectivity index (χ2v) is 6.49. The Morgan fingerprint density at radius 3 is 2.41 bits per heavy atom. The summed E-state index contributed by atoms with van der Waals surface area (Å²) in [6, 6.07) is 14.1. The number of fused-ring (bicyclic) bond motifs is 1. The number of rotatable bonds is 3. The third-order valence-electron chi connectivity index (χ3n) is 4.30. The lowest BCUT2D eigenvalue weighted by atomic mass is 10.1. The maximum absolute atomic E-state index is 14.3. The molecule has 0 N–H and O–H groups in total. The number of aryl methyl sites for hydroxylation is 1. The first-order chi connectivity index (χ1) is 13.0. The lowest BCUT2D eigenvalue weighted by molar-refractivity contribution is 0.153. The van der Waals surface area contributed by atoms with Crippen LogP contribution in [0.3, 0.4) is 0 Å². The quantitative estimate of drug-likeness (QED) is 0.423. The number of aromatic nitrogens is 3. The highest BCUT2D eigenvalue weighted by molar-refractivity contribution is 6.30. The van der Waals surface area contributed by atoms with Crippen molar-refractivity contribution >= 4 is 22.6 Å². The summed E-state index contributed by atoms with van der Waals surface area (Å²) >= 11 is 5.91. The molecule has 2 aromatic heterocycles. The van der Waals surface area contributed by atoms with E-state index in [2.05, 4.69) is 10.1 Å². The lowest BCUT2D eigenvalue weighted by Gasteiger charge is -2.09. The van der Waals surface area contributed by atoms with Crippen molar-refractivity contribution < 1.29 is 13.2 Å². The number of alkyl halides is 2. The van der Waals surface area contributed by atoms with Crippen LogP contribution in [0.2, 0.25) is 5.02 Å². The van der Waals surface area contributed by atoms with E-state index in [1.807, 2.05) is 0 Å². The number of halogens is 4. The Morgan fingerprint density at radius 1 is 1.04 bits per heavy atom. The second-order valence-electron chi connectivity index (χ2n) is 6.05. The fourth-order valence-electron chi connectivity index (χ4n) is 3.05. The average Bonchev–Trinajstić information content (AvgIpc) is 2.98. The topological polar surface area (TPSA) is 30.7 Å². The van der Waals surface area contributed by atoms with Gasteiger partial charge in [-0.05, 0) is 37.3 Å². The molecule has 0 unspecified atom stereocenters. The van der Waals surface area contributed by atoms with Gasteiger partial charge in [0, 0.05) is 16.1 Å². The van der Waals surface area contributed by atoms with Crippen molar-refractivity contribution in [1.29, 1.82) is 0 Å². The van der Waals surface area contributed by atoms with E-state index in [0.717, 1.165) is 0 Å². The first-order valence-electron chi connectivity index (χ1n) is 8.15. The average molecular weight is 388 g/mol. The fourth-order valence-corrected chi connectivity index (χ4v) is 3.18. The summed E-state index contributed by atoms with van der Waals surface area (Å²) in [5.74, 6) is -0.515. The molecule has 7 heteroatoms. The molecule has 4 rings (SSSR count). The monoisotopic (exact) mass is 387 g/mol. The third kappa shape index (κ3) is 3.06. The molecule has 0 spiro atoms. The molecule has 2 aromatic carbocycles. The normalized spacial score (nSPS) is 11.5. The Labute approximate surface area is 158 Å². The lowest BCUT2D eigenvalue weighted by Crippen LogP contribution is -2.02. The van der Waals surface area contributed by atoms with Gasteiger partial charge in [0.05, 0.1) is 16.8 Å². The zero-order valence-electron chi connectivity index (χ0n) is 14.1. The van der Waals surface area contributed by atoms with E-state index in [4.69, 9.17) is 11.6 Å². The zero-order valence-corrected chi connectivity index (χ0v) is 14.9. The van der Waals surface area contributed by atoms with Gasteiger partial charge >= 0.3 is 0 Å². The van der Waals surface area contributed by atoms with Crippen LogP contribution in [0.15, 0.2) is 54.6 Å². The van der Waals surface area contributed by atoms with Gasteiger partial charge in [0.1, 0.15) is 11.5 Å². The largest absolute Gasteiger partial charge is 0.264 e. The van der Waals surface area contributed by atoms with Gasteiger partial charge in [-0.1, -0.05) is 35.9 Å². The molecule has 0 bridgehead atoms. The van der Waals surface area contributed by atoms with Crippen LogP contribution in [-0.2, 0) is 0 Å². The van der Waals surface area contributed by atoms with Crippen LogP contribution in [0.1, 0.15) is 17.7 Å². The van der Waals surface area contributed by atoms with E-state index in [0.29, 0.717) is 22.0 Å². The predicted octanol–water partition coefficient (Wildman–Crippen LogP) is 6.13. The van der Waals surface area contributed by atoms with Crippen LogP contribution in [0.25, 0.3) is 28.0 Å². The van der Waals surface area contributed by atoms with Crippen molar-refractivity contribution in [3.05, 3.63) is 76.7 Å². The van der Waals surface area contributed by atoms with Gasteiger partial charge in [-0.3, -0.25) is 0 Å². The first-order valence-corrected chi connectivity index (χ1v) is 8.53. The van der Waals surface area contributed by atoms with Crippen LogP contribution < -0.4 is 0 Å². The van der Waals surface area contributed by atoms with Crippen molar-refractivity contribution in [2.24, 2.45) is 0 Å². The van der Waals surface area contributed by atoms with Gasteiger partial charge in [0.2, 0.25) is 0 Å². The molecular weight excluding hydrogens is 375 g/mol. The van der Waals surface area contributed by atoms with Crippen LogP contribution in [0.5, 0.6) is 0 Å². The van der Waals surface area contributed by atoms with Crippen molar-refractivity contribution in [3.8, 4) is 16.9 Å². The molecule has 0 saturated carbocycles. The van der Waals surface area contributed by atoms with Crippen LogP contribution in [0.4, 0.5) is 13.2 Å². The van der Waals surface area contributed by atoms with E-state index in [1.165, 1.54) is 22.9 Å². The molecule has 0 aliphatic carbocycles. The minimum Gasteiger partial charge on any atom is -0.228 e. The molecule has 0 fully saturated rings. The molecule has 0 amide bonds. The molecule has 0 atom stereocenters. The van der Waals surface area contributed by atoms with Gasteiger partial charge in [-0.25, -0.2) is 22.8 Å². The Morgan fingerprint density at radius 2 is 1.74 bits per heavy atom. The predicted molar refractivity (Wildman–Crippen MR) is 99.0 cm³/mol. The van der Waals surface area contributed by atoms with E-state index < -0.39 is 12.2 Å². The zero-order chi connectivity index (χ0) is 19.1. The molecule has 0 aliphatic rings. The minimum atomic E-state index is -2.72. The van der Waals surface area contributed by atoms with E-state index in [1.54, 1.807) is 43.3 Å². The van der Waals surface area contributed by atoms with Gasteiger partial charge in [0.15, 0.2) is 5.65 Å². The highest BCUT2D eigenvalue weighted by atomic mass is 35.5. The van der Waals surface area contributed by atoms with Crippen molar-refractivity contribution in [2.45, 2.75) is 13.3 Å². The molecule has 0 saturated heterocycles. The Bertz CT molecular complexity index is 1140. The summed E-state index contributed by atoms with van der Waals surface area (Å²) in [6.45, 7) is 1.61. The second kappa shape index (κ2) is 6.70. The number of benzene rings is 2. The minimum absolute atomic E-state index is 0.150. The summed E-state index contributed by atoms with van der Waals surface area (Å²) < 4.78 is 43.1. The standard InChI is InChI=1S/C20H13ClF3N3/c1-11-18-14(19(23)24)10-16(12-6-8-13(21)9-7-12)25-20(18)27(26-11)17-5-3-2-4-15(17)22/h2-10,19H,1H3. The Balaban J connectivity index is 2.05. The molecular formula is C20H13ClF3N3. The third-order valence-corrected chi connectivity index (χ3v) is 4.55. The van der Waals surface area contributed by atoms with Crippen LogP contribution in [-0.4, -0.2) is 14.8 Å². The molecule has 136 valence electrons. The van der Waals surface area contributed by atoms with Gasteiger partial charge in [0.25, 0.3) is 6.43 Å². The van der Waals surface area contributed by atoms with Crippen LogP contribution in [0, 0.1) is 12.7 Å². The number of hydrogen-bond acceptors (Lipinski definition) is 2. The van der Waals surface area contributed by atoms with E-state index >= 15 is 0 Å². The highest BCUT2D eigenvalue weighted by Gasteiger charge is 2.22. The summed E-state index contributed by atoms with van der Waals surface area (Å²) in [5.41, 5.74) is 1.47. The Hall–Kier alpha value is -2.86. The van der Waals surface area contributed by atoms with E-state index in [-0.39, 0.29) is 22.3 Å². The summed E-state index contributed by atoms with van der Waals surface area (Å²) in [7, 11) is 0. The number of pyridine rings is 1. The van der Waals surface area contributed by atoms with Crippen molar-refractivity contribution in [3.63, 3.8) is 0 Å². The van der Waals surface area contributed by atoms with Crippen LogP contribution >= 0.6 is 11.6 Å². The highest BCUT2D eigenvalue weighted by Crippen LogP contribution is 2.34. The summed E-state index contributed by atoms with van der Waals surface area (Å²) in [5, 5.41) is 5.03. The van der Waals surface area contributed by atoms with Gasteiger partial charge < -0.3 is 0 Å². The Kier molecular flexibility index (Phi) is 4.36. The number of para-hydroxylation sites is 1. The van der Waals surface area contributed by atoms with Crippen molar-refractivity contribution in [1.82, 2.24) is 14.8 Å². The SMILES string of the molecule is Cc1nn(-c2ccccc2F)c2nc(-c3ccc(Cl)cc3)cc(C(F)F)c12. The molecule has 2 heterocycles. The smallest absolute Gasteiger partial charge is 0.228 e. The molecule has 4 aromatic rings. The molecule has 0 radical (unpaired) electrons.